The second-order valence-electron chi connectivity index (χ2n) is 5.31. The molecule has 1 heterocycles. The quantitative estimate of drug-likeness (QED) is 0.476. The van der Waals surface area contributed by atoms with Gasteiger partial charge in [-0.15, -0.1) is 0 Å². The molecule has 0 bridgehead atoms. The molecule has 0 amide bonds. The van der Waals surface area contributed by atoms with Gasteiger partial charge in [0, 0.05) is 18.8 Å². The number of nitrogens with zero attached hydrogens (tertiary/aromatic N) is 1. The van der Waals surface area contributed by atoms with Crippen molar-refractivity contribution in [1.82, 2.24) is 4.90 Å². The van der Waals surface area contributed by atoms with Gasteiger partial charge in [-0.05, 0) is 32.3 Å². The Labute approximate surface area is 135 Å². The minimum absolute atomic E-state index is 0.396. The molecule has 1 saturated heterocycles. The van der Waals surface area contributed by atoms with Crippen LogP contribution in [0, 0.1) is 0 Å². The van der Waals surface area contributed by atoms with E-state index in [0.29, 0.717) is 22.7 Å². The minimum atomic E-state index is -0.424. The van der Waals surface area contributed by atoms with E-state index in [-0.39, 0.29) is 0 Å². The number of carbonyl (C=O) groups is 1. The molecule has 22 heavy (non-hydrogen) atoms. The van der Waals surface area contributed by atoms with Crippen LogP contribution in [-0.4, -0.2) is 31.1 Å². The van der Waals surface area contributed by atoms with Crippen molar-refractivity contribution >= 4 is 5.97 Å². The number of hydrogen-bond acceptors (Lipinski definition) is 5. The Balaban J connectivity index is 0.00000211. The topological polar surface area (TPSA) is 81.6 Å². The van der Waals surface area contributed by atoms with E-state index in [0.717, 1.165) is 25.9 Å². The fourth-order valence-corrected chi connectivity index (χ4v) is 2.40. The van der Waals surface area contributed by atoms with E-state index in [4.69, 9.17) is 16.2 Å². The molecular formula is C17H33N3O2. The molecule has 0 atom stereocenters. The van der Waals surface area contributed by atoms with Gasteiger partial charge in [0.05, 0.1) is 7.11 Å². The Kier molecular flexibility index (Phi) is 10.2. The third-order valence-electron chi connectivity index (χ3n) is 3.81. The van der Waals surface area contributed by atoms with Crippen LogP contribution in [0.4, 0.5) is 0 Å². The van der Waals surface area contributed by atoms with E-state index in [1.54, 1.807) is 13.8 Å². The first-order valence-electron chi connectivity index (χ1n) is 8.25. The maximum atomic E-state index is 12.0. The summed E-state index contributed by atoms with van der Waals surface area (Å²) in [6, 6.07) is 0. The SMILES string of the molecule is CC.COC(=O)C(/C(C)=C(/C)N)=C(/N)N1CCCCCCC1. The molecule has 0 radical (unpaired) electrons. The highest BCUT2D eigenvalue weighted by Gasteiger charge is 2.21. The molecule has 1 fully saturated rings. The molecule has 5 nitrogen and oxygen atoms in total. The lowest BCUT2D eigenvalue weighted by Crippen LogP contribution is -2.34. The average Bonchev–Trinajstić information content (AvgIpc) is 2.48. The molecule has 0 saturated carbocycles. The van der Waals surface area contributed by atoms with Gasteiger partial charge < -0.3 is 21.1 Å². The van der Waals surface area contributed by atoms with E-state index < -0.39 is 5.97 Å². The fraction of sp³-hybridized carbons (Fsp3) is 0.706. The van der Waals surface area contributed by atoms with Crippen LogP contribution < -0.4 is 11.5 Å². The molecule has 0 spiro atoms. The lowest BCUT2D eigenvalue weighted by molar-refractivity contribution is -0.136. The first-order valence-corrected chi connectivity index (χ1v) is 8.25. The van der Waals surface area contributed by atoms with Crippen LogP contribution in [0.15, 0.2) is 22.7 Å². The fourth-order valence-electron chi connectivity index (χ4n) is 2.40. The smallest absolute Gasteiger partial charge is 0.341 e. The normalized spacial score (nSPS) is 18.0. The lowest BCUT2D eigenvalue weighted by atomic mass is 10.0. The molecule has 0 aromatic heterocycles. The number of carbonyl (C=O) groups excluding carboxylic acids is 1. The molecule has 1 aliphatic rings. The molecule has 0 aromatic carbocycles. The summed E-state index contributed by atoms with van der Waals surface area (Å²) in [5.41, 5.74) is 13.7. The van der Waals surface area contributed by atoms with Gasteiger partial charge in [0.15, 0.2) is 0 Å². The first kappa shape index (κ1) is 20.3. The van der Waals surface area contributed by atoms with Gasteiger partial charge in [-0.1, -0.05) is 33.1 Å². The molecule has 1 rings (SSSR count). The highest BCUT2D eigenvalue weighted by Crippen LogP contribution is 2.20. The van der Waals surface area contributed by atoms with E-state index >= 15 is 0 Å². The highest BCUT2D eigenvalue weighted by atomic mass is 16.5. The molecule has 128 valence electrons. The maximum Gasteiger partial charge on any atom is 0.341 e. The molecule has 5 heteroatoms. The molecule has 1 aliphatic heterocycles. The number of methoxy groups -OCH3 is 1. The van der Waals surface area contributed by atoms with Crippen LogP contribution in [0.3, 0.4) is 0 Å². The van der Waals surface area contributed by atoms with Gasteiger partial charge in [0.25, 0.3) is 0 Å². The summed E-state index contributed by atoms with van der Waals surface area (Å²) in [5, 5.41) is 0. The minimum Gasteiger partial charge on any atom is -0.465 e. The van der Waals surface area contributed by atoms with Gasteiger partial charge >= 0.3 is 5.97 Å². The number of likely N-dealkylation sites (tertiary alicyclic amines) is 1. The monoisotopic (exact) mass is 311 g/mol. The second kappa shape index (κ2) is 11.0. The first-order chi connectivity index (χ1) is 10.5. The van der Waals surface area contributed by atoms with Crippen LogP contribution in [0.1, 0.15) is 59.8 Å². The van der Waals surface area contributed by atoms with E-state index in [1.807, 2.05) is 13.8 Å². The zero-order valence-corrected chi connectivity index (χ0v) is 14.9. The predicted octanol–water partition coefficient (Wildman–Crippen LogP) is 2.87. The number of allylic oxidation sites excluding steroid dienone is 1. The van der Waals surface area contributed by atoms with E-state index in [9.17, 15) is 4.79 Å². The lowest BCUT2D eigenvalue weighted by Gasteiger charge is -2.28. The van der Waals surface area contributed by atoms with Crippen molar-refractivity contribution in [3.63, 3.8) is 0 Å². The number of esters is 1. The standard InChI is InChI=1S/C15H27N3O2.C2H6/c1-11(12(2)16)13(15(19)20-3)14(17)18-9-7-5-4-6-8-10-18;1-2/h4-10,16-17H2,1-3H3;1-2H3/b12-11-,14-13-;. The van der Waals surface area contributed by atoms with Crippen LogP contribution >= 0.6 is 0 Å². The van der Waals surface area contributed by atoms with Crippen molar-refractivity contribution in [3.8, 4) is 0 Å². The Morgan fingerprint density at radius 1 is 0.955 bits per heavy atom. The van der Waals surface area contributed by atoms with Crippen molar-refractivity contribution < 1.29 is 9.53 Å². The summed E-state index contributed by atoms with van der Waals surface area (Å²) in [4.78, 5) is 14.1. The summed E-state index contributed by atoms with van der Waals surface area (Å²) >= 11 is 0. The average molecular weight is 311 g/mol. The van der Waals surface area contributed by atoms with Crippen LogP contribution in [-0.2, 0) is 9.53 Å². The molecule has 4 N–H and O–H groups in total. The van der Waals surface area contributed by atoms with Crippen molar-refractivity contribution in [1.29, 1.82) is 0 Å². The molecule has 0 aromatic rings. The molecule has 0 aliphatic carbocycles. The Hall–Kier alpha value is -1.65. The third kappa shape index (κ3) is 6.00. The zero-order chi connectivity index (χ0) is 17.1. The van der Waals surface area contributed by atoms with E-state index in [2.05, 4.69) is 4.90 Å². The van der Waals surface area contributed by atoms with Gasteiger partial charge in [-0.2, -0.15) is 0 Å². The van der Waals surface area contributed by atoms with Crippen LogP contribution in [0.5, 0.6) is 0 Å². The van der Waals surface area contributed by atoms with Gasteiger partial charge in [0.2, 0.25) is 0 Å². The molecule has 0 unspecified atom stereocenters. The van der Waals surface area contributed by atoms with Crippen molar-refractivity contribution in [2.75, 3.05) is 20.2 Å². The van der Waals surface area contributed by atoms with Gasteiger partial charge in [-0.3, -0.25) is 0 Å². The highest BCUT2D eigenvalue weighted by molar-refractivity contribution is 5.94. The largest absolute Gasteiger partial charge is 0.465 e. The van der Waals surface area contributed by atoms with Crippen molar-refractivity contribution in [2.24, 2.45) is 11.5 Å². The Morgan fingerprint density at radius 2 is 1.41 bits per heavy atom. The summed E-state index contributed by atoms with van der Waals surface area (Å²) < 4.78 is 4.86. The van der Waals surface area contributed by atoms with Gasteiger partial charge in [-0.25, -0.2) is 4.79 Å². The third-order valence-corrected chi connectivity index (χ3v) is 3.81. The van der Waals surface area contributed by atoms with E-state index in [1.165, 1.54) is 26.4 Å². The van der Waals surface area contributed by atoms with Crippen LogP contribution in [0.25, 0.3) is 0 Å². The number of ether oxygens (including phenoxy) is 1. The zero-order valence-electron chi connectivity index (χ0n) is 14.9. The summed E-state index contributed by atoms with van der Waals surface area (Å²) in [6.07, 6.45) is 5.89. The second-order valence-corrected chi connectivity index (χ2v) is 5.31. The number of hydrogen-bond donors (Lipinski definition) is 2. The molecular weight excluding hydrogens is 278 g/mol. The van der Waals surface area contributed by atoms with Gasteiger partial charge in [0.1, 0.15) is 11.4 Å². The Morgan fingerprint density at radius 3 is 1.82 bits per heavy atom. The summed E-state index contributed by atoms with van der Waals surface area (Å²) in [7, 11) is 1.36. The van der Waals surface area contributed by atoms with Crippen molar-refractivity contribution in [3.05, 3.63) is 22.7 Å². The summed E-state index contributed by atoms with van der Waals surface area (Å²) in [5.74, 6) is 0.0629. The van der Waals surface area contributed by atoms with Crippen LogP contribution in [0.2, 0.25) is 0 Å². The maximum absolute atomic E-state index is 12.0. The summed E-state index contributed by atoms with van der Waals surface area (Å²) in [6.45, 7) is 9.32. The predicted molar refractivity (Wildman–Crippen MR) is 91.8 cm³/mol. The van der Waals surface area contributed by atoms with Crippen molar-refractivity contribution in [2.45, 2.75) is 59.8 Å². The number of nitrogens with two attached hydrogens (primary N) is 2. The Bertz CT molecular complexity index is 402. The number of rotatable bonds is 3.